The third-order valence-corrected chi connectivity index (χ3v) is 6.47. The van der Waals surface area contributed by atoms with Crippen molar-refractivity contribution < 1.29 is 17.9 Å². The van der Waals surface area contributed by atoms with Crippen molar-refractivity contribution in [3.05, 3.63) is 47.8 Å². The molecule has 2 rings (SSSR count). The second kappa shape index (κ2) is 11.1. The molecule has 2 aromatic rings. The van der Waals surface area contributed by atoms with Gasteiger partial charge in [0.1, 0.15) is 0 Å². The van der Waals surface area contributed by atoms with E-state index in [2.05, 4.69) is 4.98 Å². The van der Waals surface area contributed by atoms with Gasteiger partial charge in [-0.25, -0.2) is 13.4 Å². The first-order chi connectivity index (χ1) is 14.9. The van der Waals surface area contributed by atoms with Crippen molar-refractivity contribution in [3.63, 3.8) is 0 Å². The number of sulfone groups is 1. The van der Waals surface area contributed by atoms with E-state index in [4.69, 9.17) is 4.74 Å². The van der Waals surface area contributed by atoms with Gasteiger partial charge >= 0.3 is 0 Å². The first-order valence-electron chi connectivity index (χ1n) is 11.0. The van der Waals surface area contributed by atoms with Crippen molar-refractivity contribution >= 4 is 15.7 Å². The number of hydrogen-bond acceptors (Lipinski definition) is 5. The van der Waals surface area contributed by atoms with Crippen LogP contribution in [0.2, 0.25) is 0 Å². The smallest absolute Gasteiger partial charge is 0.228 e. The Kier molecular flexibility index (Phi) is 9.04. The van der Waals surface area contributed by atoms with Gasteiger partial charge in [-0.1, -0.05) is 65.0 Å². The molecular weight excluding hydrogens is 426 g/mol. The van der Waals surface area contributed by atoms with Gasteiger partial charge < -0.3 is 14.2 Å². The molecule has 1 aromatic carbocycles. The summed E-state index contributed by atoms with van der Waals surface area (Å²) in [5.41, 5.74) is 1.28. The molecule has 0 atom stereocenters. The Bertz CT molecular complexity index is 976. The van der Waals surface area contributed by atoms with Gasteiger partial charge in [0.15, 0.2) is 0 Å². The van der Waals surface area contributed by atoms with Crippen LogP contribution >= 0.6 is 0 Å². The summed E-state index contributed by atoms with van der Waals surface area (Å²) in [6.45, 7) is 11.8. The van der Waals surface area contributed by atoms with Crippen LogP contribution in [-0.4, -0.2) is 49.0 Å². The van der Waals surface area contributed by atoms with Crippen LogP contribution in [-0.2, 0) is 38.2 Å². The number of amides is 1. The Morgan fingerprint density at radius 1 is 1.19 bits per heavy atom. The van der Waals surface area contributed by atoms with Crippen molar-refractivity contribution in [2.75, 3.05) is 20.3 Å². The molecule has 8 heteroatoms. The van der Waals surface area contributed by atoms with Crippen LogP contribution in [0.4, 0.5) is 0 Å². The molecule has 0 radical (unpaired) electrons. The lowest BCUT2D eigenvalue weighted by atomic mass is 9.91. The average Bonchev–Trinajstić information content (AvgIpc) is 3.06. The van der Waals surface area contributed by atoms with E-state index in [1.165, 1.54) is 0 Å². The number of aromatic nitrogens is 2. The third-order valence-electron chi connectivity index (χ3n) is 4.88. The summed E-state index contributed by atoms with van der Waals surface area (Å²) in [5, 5.41) is 0.0556. The number of rotatable bonds is 11. The Balaban J connectivity index is 2.37. The number of nitrogens with zero attached hydrogens (tertiary/aromatic N) is 3. The highest BCUT2D eigenvalue weighted by molar-refractivity contribution is 7.90. The maximum atomic E-state index is 13.2. The van der Waals surface area contributed by atoms with E-state index in [0.717, 1.165) is 5.56 Å². The number of methoxy groups -OCH3 is 1. The van der Waals surface area contributed by atoms with Gasteiger partial charge in [0, 0.05) is 26.6 Å². The summed E-state index contributed by atoms with van der Waals surface area (Å²) >= 11 is 0. The van der Waals surface area contributed by atoms with E-state index in [1.54, 1.807) is 34.9 Å². The largest absolute Gasteiger partial charge is 0.383 e. The summed E-state index contributed by atoms with van der Waals surface area (Å²) in [6, 6.07) is 9.10. The van der Waals surface area contributed by atoms with Gasteiger partial charge in [-0.15, -0.1) is 0 Å². The van der Waals surface area contributed by atoms with Gasteiger partial charge in [-0.2, -0.15) is 0 Å². The van der Waals surface area contributed by atoms with Crippen LogP contribution in [0.3, 0.4) is 0 Å². The van der Waals surface area contributed by atoms with Gasteiger partial charge in [-0.3, -0.25) is 4.79 Å². The Hall–Kier alpha value is -2.19. The number of carbonyl (C=O) groups excluding carboxylic acids is 1. The minimum atomic E-state index is -3.65. The molecule has 32 heavy (non-hydrogen) atoms. The van der Waals surface area contributed by atoms with E-state index in [9.17, 15) is 13.2 Å². The molecule has 1 heterocycles. The van der Waals surface area contributed by atoms with E-state index in [-0.39, 0.29) is 28.1 Å². The lowest BCUT2D eigenvalue weighted by Crippen LogP contribution is -2.36. The van der Waals surface area contributed by atoms with Crippen LogP contribution in [0.25, 0.3) is 0 Å². The zero-order valence-corrected chi connectivity index (χ0v) is 21.0. The van der Waals surface area contributed by atoms with Crippen molar-refractivity contribution in [2.45, 2.75) is 65.0 Å². The maximum Gasteiger partial charge on any atom is 0.228 e. The lowest BCUT2D eigenvalue weighted by molar-refractivity contribution is -0.134. The molecule has 0 saturated carbocycles. The van der Waals surface area contributed by atoms with Crippen molar-refractivity contribution in [1.82, 2.24) is 14.5 Å². The predicted molar refractivity (Wildman–Crippen MR) is 126 cm³/mol. The van der Waals surface area contributed by atoms with Gasteiger partial charge in [0.2, 0.25) is 20.9 Å². The molecule has 0 fully saturated rings. The van der Waals surface area contributed by atoms with E-state index in [1.807, 2.05) is 52.8 Å². The molecule has 0 aliphatic heterocycles. The average molecular weight is 464 g/mol. The number of benzene rings is 1. The molecule has 0 aliphatic carbocycles. The van der Waals surface area contributed by atoms with E-state index in [0.29, 0.717) is 38.4 Å². The number of ether oxygens (including phenoxy) is 1. The van der Waals surface area contributed by atoms with E-state index < -0.39 is 9.84 Å². The standard InChI is InChI=1S/C24H37N3O4S/c1-19(2)16-27-21(17-26(12-13-31-6)22(28)14-24(3,4)5)15-25-23(27)32(29,30)18-20-10-8-7-9-11-20/h7-11,15,19H,12-14,16-18H2,1-6H3. The van der Waals surface area contributed by atoms with Crippen LogP contribution < -0.4 is 0 Å². The van der Waals surface area contributed by atoms with Crippen LogP contribution in [0.15, 0.2) is 41.7 Å². The van der Waals surface area contributed by atoms with Crippen molar-refractivity contribution in [1.29, 1.82) is 0 Å². The Morgan fingerprint density at radius 3 is 2.41 bits per heavy atom. The topological polar surface area (TPSA) is 81.5 Å². The molecule has 0 spiro atoms. The van der Waals surface area contributed by atoms with Crippen LogP contribution in [0.5, 0.6) is 0 Å². The van der Waals surface area contributed by atoms with Gasteiger partial charge in [0.25, 0.3) is 0 Å². The van der Waals surface area contributed by atoms with Crippen LogP contribution in [0.1, 0.15) is 52.3 Å². The summed E-state index contributed by atoms with van der Waals surface area (Å²) in [7, 11) is -2.05. The molecule has 1 amide bonds. The molecular formula is C24H37N3O4S. The third kappa shape index (κ3) is 7.74. The summed E-state index contributed by atoms with van der Waals surface area (Å²) < 4.78 is 33.4. The number of hydrogen-bond donors (Lipinski definition) is 0. The summed E-state index contributed by atoms with van der Waals surface area (Å²) in [6.07, 6.45) is 1.98. The Morgan fingerprint density at radius 2 is 1.84 bits per heavy atom. The molecule has 0 unspecified atom stereocenters. The predicted octanol–water partition coefficient (Wildman–Crippen LogP) is 3.92. The fourth-order valence-corrected chi connectivity index (χ4v) is 4.94. The van der Waals surface area contributed by atoms with E-state index >= 15 is 0 Å². The number of imidazole rings is 1. The van der Waals surface area contributed by atoms with Gasteiger partial charge in [-0.05, 0) is 16.9 Å². The fourth-order valence-electron chi connectivity index (χ4n) is 3.44. The minimum Gasteiger partial charge on any atom is -0.383 e. The van der Waals surface area contributed by atoms with Crippen molar-refractivity contribution in [2.24, 2.45) is 11.3 Å². The van der Waals surface area contributed by atoms with Crippen molar-refractivity contribution in [3.8, 4) is 0 Å². The summed E-state index contributed by atoms with van der Waals surface area (Å²) in [4.78, 5) is 19.0. The SMILES string of the molecule is COCCN(Cc1cnc(S(=O)(=O)Cc2ccccc2)n1CC(C)C)C(=O)CC(C)(C)C. The highest BCUT2D eigenvalue weighted by Gasteiger charge is 2.27. The first kappa shape index (κ1) is 26.1. The molecule has 0 N–H and O–H groups in total. The second-order valence-electron chi connectivity index (χ2n) is 9.83. The minimum absolute atomic E-state index is 0.0144. The first-order valence-corrected chi connectivity index (χ1v) is 12.7. The fraction of sp³-hybridized carbons (Fsp3) is 0.583. The number of carbonyl (C=O) groups is 1. The molecule has 0 bridgehead atoms. The van der Waals surface area contributed by atoms with Crippen LogP contribution in [0, 0.1) is 11.3 Å². The zero-order valence-electron chi connectivity index (χ0n) is 20.2. The highest BCUT2D eigenvalue weighted by atomic mass is 32.2. The quantitative estimate of drug-likeness (QED) is 0.504. The normalized spacial score (nSPS) is 12.3. The van der Waals surface area contributed by atoms with Gasteiger partial charge in [0.05, 0.1) is 30.8 Å². The molecule has 0 aliphatic rings. The monoisotopic (exact) mass is 463 g/mol. The molecule has 7 nitrogen and oxygen atoms in total. The Labute approximate surface area is 192 Å². The lowest BCUT2D eigenvalue weighted by Gasteiger charge is -2.27. The highest BCUT2D eigenvalue weighted by Crippen LogP contribution is 2.23. The zero-order chi connectivity index (χ0) is 23.9. The summed E-state index contributed by atoms with van der Waals surface area (Å²) in [5.74, 6) is 0.116. The maximum absolute atomic E-state index is 13.2. The second-order valence-corrected chi connectivity index (χ2v) is 11.7. The molecule has 178 valence electrons. The molecule has 0 saturated heterocycles. The molecule has 1 aromatic heterocycles.